The number of nitrogens with two attached hydrogens (primary N) is 1. The average molecular weight is 252 g/mol. The molecule has 0 saturated heterocycles. The number of nitrogens with zero attached hydrogens (tertiary/aromatic N) is 1. The molecule has 1 aromatic rings. The van der Waals surface area contributed by atoms with Crippen LogP contribution in [0.5, 0.6) is 0 Å². The molecule has 2 N–H and O–H groups in total. The third-order valence-electron chi connectivity index (χ3n) is 2.86. The van der Waals surface area contributed by atoms with Crippen molar-refractivity contribution in [2.45, 2.75) is 18.2 Å². The Kier molecular flexibility index (Phi) is 3.22. The van der Waals surface area contributed by atoms with Gasteiger partial charge in [0.15, 0.2) is 0 Å². The lowest BCUT2D eigenvalue weighted by Gasteiger charge is -2.24. The Labute approximate surface area is 102 Å². The van der Waals surface area contributed by atoms with Gasteiger partial charge in [-0.3, -0.25) is 0 Å². The molecule has 4 nitrogen and oxygen atoms in total. The van der Waals surface area contributed by atoms with E-state index in [2.05, 4.69) is 0 Å². The summed E-state index contributed by atoms with van der Waals surface area (Å²) in [7, 11) is -3.47. The predicted molar refractivity (Wildman–Crippen MR) is 68.1 cm³/mol. The van der Waals surface area contributed by atoms with E-state index in [0.717, 1.165) is 6.42 Å². The van der Waals surface area contributed by atoms with Crippen molar-refractivity contribution in [2.24, 2.45) is 0 Å². The molecule has 0 saturated carbocycles. The summed E-state index contributed by atoms with van der Waals surface area (Å²) in [4.78, 5) is 0.246. The van der Waals surface area contributed by atoms with Gasteiger partial charge in [-0.25, -0.2) is 8.42 Å². The smallest absolute Gasteiger partial charge is 0.245 e. The lowest BCUT2D eigenvalue weighted by atomic mass is 10.2. The van der Waals surface area contributed by atoms with Crippen molar-refractivity contribution in [1.29, 1.82) is 0 Å². The van der Waals surface area contributed by atoms with E-state index in [-0.39, 0.29) is 4.90 Å². The Morgan fingerprint density at radius 2 is 2.06 bits per heavy atom. The van der Waals surface area contributed by atoms with Crippen molar-refractivity contribution >= 4 is 15.7 Å². The Bertz CT molecular complexity index is 529. The summed E-state index contributed by atoms with van der Waals surface area (Å²) in [6.45, 7) is 2.71. The minimum atomic E-state index is -3.47. The SMILES string of the molecule is Cc1cccc(N)c1S(=O)(=O)N1CC=CCC1. The van der Waals surface area contributed by atoms with Crippen LogP contribution < -0.4 is 5.73 Å². The van der Waals surface area contributed by atoms with Gasteiger partial charge < -0.3 is 5.73 Å². The zero-order valence-corrected chi connectivity index (χ0v) is 10.6. The molecule has 0 fully saturated rings. The van der Waals surface area contributed by atoms with Crippen molar-refractivity contribution in [3.8, 4) is 0 Å². The van der Waals surface area contributed by atoms with Crippen LogP contribution >= 0.6 is 0 Å². The summed E-state index contributed by atoms with van der Waals surface area (Å²) in [6, 6.07) is 5.16. The number of nitrogen functional groups attached to an aromatic ring is 1. The molecule has 1 aliphatic rings. The number of aryl methyl sites for hydroxylation is 1. The van der Waals surface area contributed by atoms with Crippen molar-refractivity contribution in [1.82, 2.24) is 4.31 Å². The van der Waals surface area contributed by atoms with E-state index in [9.17, 15) is 8.42 Å². The molecule has 0 unspecified atom stereocenters. The quantitative estimate of drug-likeness (QED) is 0.641. The molecule has 0 atom stereocenters. The van der Waals surface area contributed by atoms with E-state index in [0.29, 0.717) is 24.3 Å². The van der Waals surface area contributed by atoms with E-state index in [4.69, 9.17) is 5.73 Å². The van der Waals surface area contributed by atoms with Gasteiger partial charge in [0, 0.05) is 13.1 Å². The van der Waals surface area contributed by atoms with Crippen LogP contribution in [0.25, 0.3) is 0 Å². The molecule has 92 valence electrons. The first kappa shape index (κ1) is 12.1. The first-order valence-corrected chi connectivity index (χ1v) is 6.98. The molecular weight excluding hydrogens is 236 g/mol. The fourth-order valence-corrected chi connectivity index (χ4v) is 3.72. The summed E-state index contributed by atoms with van der Waals surface area (Å²) in [5, 5.41) is 0. The first-order valence-electron chi connectivity index (χ1n) is 5.54. The normalized spacial score (nSPS) is 17.2. The highest BCUT2D eigenvalue weighted by Gasteiger charge is 2.27. The maximum atomic E-state index is 12.4. The van der Waals surface area contributed by atoms with Gasteiger partial charge in [-0.1, -0.05) is 24.3 Å². The Morgan fingerprint density at radius 1 is 1.29 bits per heavy atom. The number of hydrogen-bond donors (Lipinski definition) is 1. The van der Waals surface area contributed by atoms with Crippen LogP contribution in [-0.4, -0.2) is 25.8 Å². The zero-order chi connectivity index (χ0) is 12.5. The van der Waals surface area contributed by atoms with Crippen molar-refractivity contribution in [3.05, 3.63) is 35.9 Å². The second kappa shape index (κ2) is 4.50. The Balaban J connectivity index is 2.48. The van der Waals surface area contributed by atoms with E-state index in [1.165, 1.54) is 4.31 Å². The standard InChI is InChI=1S/C12H16N2O2S/c1-10-6-5-7-11(13)12(10)17(15,16)14-8-3-2-4-9-14/h2-3,5-7H,4,8-9,13H2,1H3. The van der Waals surface area contributed by atoms with Crippen molar-refractivity contribution in [2.75, 3.05) is 18.8 Å². The van der Waals surface area contributed by atoms with Gasteiger partial charge in [-0.15, -0.1) is 0 Å². The summed E-state index contributed by atoms with van der Waals surface area (Å²) < 4.78 is 26.3. The van der Waals surface area contributed by atoms with Crippen molar-refractivity contribution in [3.63, 3.8) is 0 Å². The van der Waals surface area contributed by atoms with Gasteiger partial charge in [0.05, 0.1) is 5.69 Å². The lowest BCUT2D eigenvalue weighted by Crippen LogP contribution is -2.34. The highest BCUT2D eigenvalue weighted by molar-refractivity contribution is 7.89. The topological polar surface area (TPSA) is 63.4 Å². The molecule has 0 amide bonds. The summed E-state index contributed by atoms with van der Waals surface area (Å²) >= 11 is 0. The van der Waals surface area contributed by atoms with Gasteiger partial charge in [0.2, 0.25) is 10.0 Å². The molecule has 5 heteroatoms. The number of hydrogen-bond acceptors (Lipinski definition) is 3. The molecule has 1 heterocycles. The summed E-state index contributed by atoms with van der Waals surface area (Å²) in [5.41, 5.74) is 6.80. The highest BCUT2D eigenvalue weighted by atomic mass is 32.2. The van der Waals surface area contributed by atoms with Gasteiger partial charge >= 0.3 is 0 Å². The van der Waals surface area contributed by atoms with Gasteiger partial charge in [0.1, 0.15) is 4.90 Å². The van der Waals surface area contributed by atoms with E-state index >= 15 is 0 Å². The molecule has 0 aliphatic carbocycles. The summed E-state index contributed by atoms with van der Waals surface area (Å²) in [5.74, 6) is 0. The average Bonchev–Trinajstić information content (AvgIpc) is 2.29. The van der Waals surface area contributed by atoms with Crippen LogP contribution in [0.4, 0.5) is 5.69 Å². The minimum absolute atomic E-state index is 0.246. The molecular formula is C12H16N2O2S. The second-order valence-electron chi connectivity index (χ2n) is 4.12. The molecule has 0 spiro atoms. The molecule has 1 aliphatic heterocycles. The molecule has 17 heavy (non-hydrogen) atoms. The fourth-order valence-electron chi connectivity index (χ4n) is 1.99. The highest BCUT2D eigenvalue weighted by Crippen LogP contribution is 2.26. The number of sulfonamides is 1. The van der Waals surface area contributed by atoms with E-state index in [1.54, 1.807) is 25.1 Å². The van der Waals surface area contributed by atoms with Gasteiger partial charge in [-0.05, 0) is 25.0 Å². The van der Waals surface area contributed by atoms with E-state index < -0.39 is 10.0 Å². The van der Waals surface area contributed by atoms with Crippen LogP contribution in [0.15, 0.2) is 35.2 Å². The molecule has 2 rings (SSSR count). The monoisotopic (exact) mass is 252 g/mol. The first-order chi connectivity index (χ1) is 8.03. The fraction of sp³-hybridized carbons (Fsp3) is 0.333. The van der Waals surface area contributed by atoms with Crippen LogP contribution in [0.3, 0.4) is 0 Å². The number of benzene rings is 1. The number of rotatable bonds is 2. The Morgan fingerprint density at radius 3 is 2.65 bits per heavy atom. The molecule has 0 bridgehead atoms. The van der Waals surface area contributed by atoms with Gasteiger partial charge in [-0.2, -0.15) is 4.31 Å². The van der Waals surface area contributed by atoms with Crippen LogP contribution in [0, 0.1) is 6.92 Å². The third kappa shape index (κ3) is 2.21. The molecule has 0 aromatic heterocycles. The molecule has 0 radical (unpaired) electrons. The zero-order valence-electron chi connectivity index (χ0n) is 9.76. The van der Waals surface area contributed by atoms with E-state index in [1.807, 2.05) is 12.2 Å². The Hall–Kier alpha value is -1.33. The van der Waals surface area contributed by atoms with Crippen LogP contribution in [-0.2, 0) is 10.0 Å². The second-order valence-corrected chi connectivity index (χ2v) is 5.99. The largest absolute Gasteiger partial charge is 0.398 e. The van der Waals surface area contributed by atoms with Gasteiger partial charge in [0.25, 0.3) is 0 Å². The molecule has 1 aromatic carbocycles. The number of anilines is 1. The van der Waals surface area contributed by atoms with Crippen LogP contribution in [0.2, 0.25) is 0 Å². The lowest BCUT2D eigenvalue weighted by molar-refractivity contribution is 0.437. The summed E-state index contributed by atoms with van der Waals surface area (Å²) in [6.07, 6.45) is 4.62. The van der Waals surface area contributed by atoms with Crippen molar-refractivity contribution < 1.29 is 8.42 Å². The predicted octanol–water partition coefficient (Wildman–Crippen LogP) is 1.53. The third-order valence-corrected chi connectivity index (χ3v) is 4.95. The maximum Gasteiger partial charge on any atom is 0.245 e. The minimum Gasteiger partial charge on any atom is -0.398 e. The van der Waals surface area contributed by atoms with Crippen LogP contribution in [0.1, 0.15) is 12.0 Å². The maximum absolute atomic E-state index is 12.4.